The standard InChI is InChI=1S/C21H29N5O4/c1-21(2,3)20-23-17(30-24-20)8-6-9-19(28)29-15-18(27)26-13-11-25(12-14-26)16-7-4-5-10-22-16/h4-5,7,10H,6,8-9,11-15H2,1-3H3. The summed E-state index contributed by atoms with van der Waals surface area (Å²) in [6.45, 7) is 8.38. The number of pyridine rings is 1. The molecule has 0 saturated carbocycles. The van der Waals surface area contributed by atoms with Gasteiger partial charge in [0.2, 0.25) is 5.89 Å². The summed E-state index contributed by atoms with van der Waals surface area (Å²) in [6.07, 6.45) is 2.99. The predicted molar refractivity (Wildman–Crippen MR) is 110 cm³/mol. The van der Waals surface area contributed by atoms with E-state index >= 15 is 0 Å². The number of amides is 1. The maximum absolute atomic E-state index is 12.3. The highest BCUT2D eigenvalue weighted by Gasteiger charge is 2.23. The number of hydrogen-bond acceptors (Lipinski definition) is 8. The van der Waals surface area contributed by atoms with Crippen molar-refractivity contribution in [3.05, 3.63) is 36.1 Å². The molecule has 0 atom stereocenters. The van der Waals surface area contributed by atoms with Gasteiger partial charge in [0.1, 0.15) is 5.82 Å². The summed E-state index contributed by atoms with van der Waals surface area (Å²) < 4.78 is 10.4. The van der Waals surface area contributed by atoms with Crippen LogP contribution in [-0.2, 0) is 26.2 Å². The zero-order chi connectivity index (χ0) is 21.6. The quantitative estimate of drug-likeness (QED) is 0.633. The SMILES string of the molecule is CC(C)(C)c1noc(CCCC(=O)OCC(=O)N2CCN(c3ccccn3)CC2)n1. The number of aromatic nitrogens is 3. The third kappa shape index (κ3) is 6.01. The van der Waals surface area contributed by atoms with Crippen LogP contribution in [0.5, 0.6) is 0 Å². The van der Waals surface area contributed by atoms with E-state index in [0.717, 1.165) is 5.82 Å². The molecule has 162 valence electrons. The van der Waals surface area contributed by atoms with Gasteiger partial charge >= 0.3 is 5.97 Å². The molecular weight excluding hydrogens is 386 g/mol. The fourth-order valence-electron chi connectivity index (χ4n) is 3.08. The van der Waals surface area contributed by atoms with Gasteiger partial charge in [-0.25, -0.2) is 4.98 Å². The van der Waals surface area contributed by atoms with Gasteiger partial charge < -0.3 is 19.1 Å². The molecule has 0 spiro atoms. The Labute approximate surface area is 176 Å². The molecule has 2 aromatic rings. The van der Waals surface area contributed by atoms with Gasteiger partial charge in [0.25, 0.3) is 5.91 Å². The summed E-state index contributed by atoms with van der Waals surface area (Å²) in [5, 5.41) is 3.96. The number of anilines is 1. The molecule has 1 amide bonds. The molecule has 30 heavy (non-hydrogen) atoms. The Hall–Kier alpha value is -2.97. The topological polar surface area (TPSA) is 102 Å². The number of rotatable bonds is 7. The van der Waals surface area contributed by atoms with E-state index in [9.17, 15) is 9.59 Å². The van der Waals surface area contributed by atoms with Gasteiger partial charge in [-0.1, -0.05) is 32.0 Å². The van der Waals surface area contributed by atoms with Crippen molar-refractivity contribution in [1.29, 1.82) is 0 Å². The van der Waals surface area contributed by atoms with Crippen molar-refractivity contribution in [1.82, 2.24) is 20.0 Å². The average molecular weight is 415 g/mol. The van der Waals surface area contributed by atoms with Crippen molar-refractivity contribution in [3.63, 3.8) is 0 Å². The third-order valence-corrected chi connectivity index (χ3v) is 4.87. The number of aryl methyl sites for hydroxylation is 1. The molecule has 0 aliphatic carbocycles. The van der Waals surface area contributed by atoms with Crippen LogP contribution in [0.25, 0.3) is 0 Å². The first-order valence-electron chi connectivity index (χ1n) is 10.3. The third-order valence-electron chi connectivity index (χ3n) is 4.87. The van der Waals surface area contributed by atoms with Crippen LogP contribution in [-0.4, -0.2) is 64.7 Å². The van der Waals surface area contributed by atoms with Crippen molar-refractivity contribution in [2.45, 2.75) is 45.4 Å². The van der Waals surface area contributed by atoms with E-state index in [1.165, 1.54) is 0 Å². The molecule has 1 aliphatic rings. The summed E-state index contributed by atoms with van der Waals surface area (Å²) in [6, 6.07) is 5.78. The summed E-state index contributed by atoms with van der Waals surface area (Å²) in [4.78, 5) is 36.8. The first-order valence-corrected chi connectivity index (χ1v) is 10.3. The van der Waals surface area contributed by atoms with Crippen LogP contribution in [0, 0.1) is 0 Å². The number of piperazine rings is 1. The minimum atomic E-state index is -0.397. The average Bonchev–Trinajstić information content (AvgIpc) is 3.22. The lowest BCUT2D eigenvalue weighted by Crippen LogP contribution is -2.50. The van der Waals surface area contributed by atoms with Crippen LogP contribution in [0.3, 0.4) is 0 Å². The highest BCUT2D eigenvalue weighted by Crippen LogP contribution is 2.19. The highest BCUT2D eigenvalue weighted by atomic mass is 16.5. The highest BCUT2D eigenvalue weighted by molar-refractivity contribution is 5.80. The van der Waals surface area contributed by atoms with E-state index in [1.807, 2.05) is 39.0 Å². The van der Waals surface area contributed by atoms with Gasteiger partial charge in [-0.05, 0) is 18.6 Å². The molecule has 0 radical (unpaired) electrons. The lowest BCUT2D eigenvalue weighted by atomic mass is 9.96. The number of nitrogens with zero attached hydrogens (tertiary/aromatic N) is 5. The number of hydrogen-bond donors (Lipinski definition) is 0. The zero-order valence-electron chi connectivity index (χ0n) is 17.8. The van der Waals surface area contributed by atoms with Gasteiger partial charge in [-0.15, -0.1) is 0 Å². The second-order valence-corrected chi connectivity index (χ2v) is 8.33. The van der Waals surface area contributed by atoms with Crippen LogP contribution in [0.1, 0.15) is 45.3 Å². The Morgan fingerprint density at radius 3 is 2.57 bits per heavy atom. The van der Waals surface area contributed by atoms with Gasteiger partial charge in [-0.3, -0.25) is 9.59 Å². The minimum absolute atomic E-state index is 0.171. The second-order valence-electron chi connectivity index (χ2n) is 8.33. The molecule has 2 aromatic heterocycles. The smallest absolute Gasteiger partial charge is 0.306 e. The van der Waals surface area contributed by atoms with Gasteiger partial charge in [0.05, 0.1) is 0 Å². The van der Waals surface area contributed by atoms with Gasteiger partial charge in [-0.2, -0.15) is 4.98 Å². The van der Waals surface area contributed by atoms with Crippen molar-refractivity contribution in [2.75, 3.05) is 37.7 Å². The first-order chi connectivity index (χ1) is 14.3. The van der Waals surface area contributed by atoms with Crippen molar-refractivity contribution >= 4 is 17.7 Å². The van der Waals surface area contributed by atoms with E-state index in [0.29, 0.717) is 50.7 Å². The largest absolute Gasteiger partial charge is 0.456 e. The van der Waals surface area contributed by atoms with Gasteiger partial charge in [0.15, 0.2) is 12.4 Å². The maximum Gasteiger partial charge on any atom is 0.306 e. The Kier molecular flexibility index (Phi) is 7.02. The maximum atomic E-state index is 12.3. The Balaban J connectivity index is 1.33. The molecule has 0 unspecified atom stereocenters. The number of carbonyl (C=O) groups excluding carboxylic acids is 2. The van der Waals surface area contributed by atoms with Crippen LogP contribution in [0.2, 0.25) is 0 Å². The fourth-order valence-corrected chi connectivity index (χ4v) is 3.08. The molecule has 9 nitrogen and oxygen atoms in total. The zero-order valence-corrected chi connectivity index (χ0v) is 17.8. The van der Waals surface area contributed by atoms with Crippen molar-refractivity contribution < 1.29 is 18.8 Å². The summed E-state index contributed by atoms with van der Waals surface area (Å²) in [5.74, 6) is 1.50. The molecule has 9 heteroatoms. The van der Waals surface area contributed by atoms with Crippen LogP contribution >= 0.6 is 0 Å². The monoisotopic (exact) mass is 415 g/mol. The molecule has 3 rings (SSSR count). The Morgan fingerprint density at radius 1 is 1.17 bits per heavy atom. The second kappa shape index (κ2) is 9.69. The lowest BCUT2D eigenvalue weighted by Gasteiger charge is -2.35. The van der Waals surface area contributed by atoms with E-state index < -0.39 is 5.97 Å². The lowest BCUT2D eigenvalue weighted by molar-refractivity contribution is -0.152. The van der Waals surface area contributed by atoms with E-state index in [-0.39, 0.29) is 24.3 Å². The number of ether oxygens (including phenoxy) is 1. The van der Waals surface area contributed by atoms with E-state index in [1.54, 1.807) is 11.1 Å². The summed E-state index contributed by atoms with van der Waals surface area (Å²) >= 11 is 0. The fraction of sp³-hybridized carbons (Fsp3) is 0.571. The Morgan fingerprint density at radius 2 is 1.93 bits per heavy atom. The molecule has 1 fully saturated rings. The molecule has 0 bridgehead atoms. The van der Waals surface area contributed by atoms with Gasteiger partial charge in [0, 0.05) is 50.6 Å². The van der Waals surface area contributed by atoms with E-state index in [4.69, 9.17) is 9.26 Å². The van der Waals surface area contributed by atoms with Crippen LogP contribution < -0.4 is 4.90 Å². The van der Waals surface area contributed by atoms with E-state index in [2.05, 4.69) is 20.0 Å². The molecule has 0 aromatic carbocycles. The van der Waals surface area contributed by atoms with Crippen molar-refractivity contribution in [2.24, 2.45) is 0 Å². The minimum Gasteiger partial charge on any atom is -0.456 e. The summed E-state index contributed by atoms with van der Waals surface area (Å²) in [7, 11) is 0. The first kappa shape index (κ1) is 21.7. The summed E-state index contributed by atoms with van der Waals surface area (Å²) in [5.41, 5.74) is -0.176. The van der Waals surface area contributed by atoms with Crippen LogP contribution in [0.4, 0.5) is 5.82 Å². The van der Waals surface area contributed by atoms with Crippen molar-refractivity contribution in [3.8, 4) is 0 Å². The normalized spacial score (nSPS) is 14.6. The molecule has 1 aliphatic heterocycles. The number of esters is 1. The molecule has 3 heterocycles. The van der Waals surface area contributed by atoms with Crippen LogP contribution in [0.15, 0.2) is 28.9 Å². The molecular formula is C21H29N5O4. The molecule has 1 saturated heterocycles. The molecule has 0 N–H and O–H groups in total. The Bertz CT molecular complexity index is 839. The number of carbonyl (C=O) groups is 2. The predicted octanol–water partition coefficient (Wildman–Crippen LogP) is 1.98.